The Morgan fingerprint density at radius 3 is 2.40 bits per heavy atom. The van der Waals surface area contributed by atoms with Crippen LogP contribution in [-0.2, 0) is 0 Å². The van der Waals surface area contributed by atoms with Crippen LogP contribution in [0.2, 0.25) is 0 Å². The van der Waals surface area contributed by atoms with Crippen LogP contribution in [0, 0.1) is 0 Å². The van der Waals surface area contributed by atoms with Gasteiger partial charge in [-0.15, -0.1) is 0 Å². The number of rotatable bonds is 6. The number of nitrogens with two attached hydrogens (primary N) is 1. The molecule has 0 aliphatic rings. The molecule has 0 bridgehead atoms. The van der Waals surface area contributed by atoms with Gasteiger partial charge >= 0.3 is 0 Å². The van der Waals surface area contributed by atoms with Crippen LogP contribution in [0.5, 0.6) is 11.5 Å². The van der Waals surface area contributed by atoms with E-state index in [2.05, 4.69) is 15.3 Å². The standard InChI is InChI=1S/C18H20N4O3/c1-24-15-8-12-13(9-16(15)25-2)20-18(22-17(12)19)21-14(10-23)11-6-4-3-5-7-11/h3-9,14,23H,10H2,1-2H3,(H3,19,20,21,22). The summed E-state index contributed by atoms with van der Waals surface area (Å²) in [5.41, 5.74) is 7.63. The highest BCUT2D eigenvalue weighted by Crippen LogP contribution is 2.34. The van der Waals surface area contributed by atoms with E-state index in [0.29, 0.717) is 34.2 Å². The van der Waals surface area contributed by atoms with Crippen LogP contribution < -0.4 is 20.5 Å². The summed E-state index contributed by atoms with van der Waals surface area (Å²) < 4.78 is 10.6. The largest absolute Gasteiger partial charge is 0.493 e. The van der Waals surface area contributed by atoms with E-state index in [9.17, 15) is 5.11 Å². The van der Waals surface area contributed by atoms with Crippen molar-refractivity contribution in [3.05, 3.63) is 48.0 Å². The summed E-state index contributed by atoms with van der Waals surface area (Å²) in [6.07, 6.45) is 0. The molecule has 0 aliphatic heterocycles. The lowest BCUT2D eigenvalue weighted by Crippen LogP contribution is -2.17. The first-order valence-corrected chi connectivity index (χ1v) is 7.78. The predicted octanol–water partition coefficient (Wildman–Crippen LogP) is 2.37. The highest BCUT2D eigenvalue weighted by Gasteiger charge is 2.15. The molecule has 0 fully saturated rings. The molecule has 130 valence electrons. The van der Waals surface area contributed by atoms with Gasteiger partial charge in [-0.1, -0.05) is 30.3 Å². The zero-order valence-corrected chi connectivity index (χ0v) is 14.1. The second-order valence-electron chi connectivity index (χ2n) is 5.45. The van der Waals surface area contributed by atoms with Gasteiger partial charge in [0, 0.05) is 11.5 Å². The Balaban J connectivity index is 1.99. The van der Waals surface area contributed by atoms with Crippen molar-refractivity contribution in [2.24, 2.45) is 0 Å². The molecule has 7 heteroatoms. The lowest BCUT2D eigenvalue weighted by atomic mass is 10.1. The van der Waals surface area contributed by atoms with Gasteiger partial charge in [-0.3, -0.25) is 0 Å². The van der Waals surface area contributed by atoms with E-state index >= 15 is 0 Å². The van der Waals surface area contributed by atoms with Crippen molar-refractivity contribution in [1.29, 1.82) is 0 Å². The molecule has 2 aromatic carbocycles. The van der Waals surface area contributed by atoms with Gasteiger partial charge in [0.1, 0.15) is 5.82 Å². The fourth-order valence-electron chi connectivity index (χ4n) is 2.62. The maximum atomic E-state index is 9.69. The zero-order valence-electron chi connectivity index (χ0n) is 14.1. The van der Waals surface area contributed by atoms with E-state index in [4.69, 9.17) is 15.2 Å². The van der Waals surface area contributed by atoms with E-state index < -0.39 is 0 Å². The Bertz CT molecular complexity index is 871. The third-order valence-corrected chi connectivity index (χ3v) is 3.92. The molecule has 0 amide bonds. The van der Waals surface area contributed by atoms with Crippen molar-refractivity contribution in [2.75, 3.05) is 31.9 Å². The van der Waals surface area contributed by atoms with E-state index in [0.717, 1.165) is 5.56 Å². The van der Waals surface area contributed by atoms with Crippen LogP contribution in [0.1, 0.15) is 11.6 Å². The number of ether oxygens (including phenoxy) is 2. The van der Waals surface area contributed by atoms with Crippen molar-refractivity contribution >= 4 is 22.7 Å². The Kier molecular flexibility index (Phi) is 4.85. The third-order valence-electron chi connectivity index (χ3n) is 3.92. The predicted molar refractivity (Wildman–Crippen MR) is 96.9 cm³/mol. The molecule has 3 rings (SSSR count). The molecule has 25 heavy (non-hydrogen) atoms. The Labute approximate surface area is 145 Å². The van der Waals surface area contributed by atoms with Crippen molar-refractivity contribution in [3.63, 3.8) is 0 Å². The highest BCUT2D eigenvalue weighted by atomic mass is 16.5. The molecule has 1 unspecified atom stereocenters. The van der Waals surface area contributed by atoms with Crippen molar-refractivity contribution in [1.82, 2.24) is 9.97 Å². The number of nitrogens with zero attached hydrogens (tertiary/aromatic N) is 2. The number of anilines is 2. The maximum Gasteiger partial charge on any atom is 0.225 e. The zero-order chi connectivity index (χ0) is 17.8. The van der Waals surface area contributed by atoms with Crippen molar-refractivity contribution in [3.8, 4) is 11.5 Å². The number of fused-ring (bicyclic) bond motifs is 1. The molecular weight excluding hydrogens is 320 g/mol. The summed E-state index contributed by atoms with van der Waals surface area (Å²) in [5.74, 6) is 1.77. The van der Waals surface area contributed by atoms with Crippen LogP contribution in [0.4, 0.5) is 11.8 Å². The van der Waals surface area contributed by atoms with Gasteiger partial charge in [-0.2, -0.15) is 4.98 Å². The summed E-state index contributed by atoms with van der Waals surface area (Å²) in [4.78, 5) is 8.78. The molecule has 3 aromatic rings. The number of hydrogen-bond donors (Lipinski definition) is 3. The normalized spacial score (nSPS) is 12.0. The number of nitrogen functional groups attached to an aromatic ring is 1. The number of aliphatic hydroxyl groups is 1. The van der Waals surface area contributed by atoms with E-state index in [1.54, 1.807) is 26.4 Å². The first-order valence-electron chi connectivity index (χ1n) is 7.78. The number of aliphatic hydroxyl groups excluding tert-OH is 1. The maximum absolute atomic E-state index is 9.69. The third kappa shape index (κ3) is 3.41. The second-order valence-corrected chi connectivity index (χ2v) is 5.45. The summed E-state index contributed by atoms with van der Waals surface area (Å²) >= 11 is 0. The van der Waals surface area contributed by atoms with Gasteiger partial charge in [-0.25, -0.2) is 4.98 Å². The molecular formula is C18H20N4O3. The van der Waals surface area contributed by atoms with Gasteiger partial charge in [0.25, 0.3) is 0 Å². The Morgan fingerprint density at radius 2 is 1.76 bits per heavy atom. The lowest BCUT2D eigenvalue weighted by Gasteiger charge is -2.17. The van der Waals surface area contributed by atoms with Crippen LogP contribution in [0.3, 0.4) is 0 Å². The molecule has 7 nitrogen and oxygen atoms in total. The van der Waals surface area contributed by atoms with Crippen LogP contribution in [0.25, 0.3) is 10.9 Å². The van der Waals surface area contributed by atoms with E-state index in [-0.39, 0.29) is 12.6 Å². The molecule has 1 heterocycles. The van der Waals surface area contributed by atoms with Gasteiger partial charge < -0.3 is 25.6 Å². The summed E-state index contributed by atoms with van der Waals surface area (Å²) in [6, 6.07) is 12.7. The SMILES string of the molecule is COc1cc2nc(NC(CO)c3ccccc3)nc(N)c2cc1OC. The average molecular weight is 340 g/mol. The average Bonchev–Trinajstić information content (AvgIpc) is 2.65. The van der Waals surface area contributed by atoms with E-state index in [1.165, 1.54) is 0 Å². The van der Waals surface area contributed by atoms with Crippen LogP contribution >= 0.6 is 0 Å². The smallest absolute Gasteiger partial charge is 0.225 e. The number of methoxy groups -OCH3 is 2. The fourth-order valence-corrected chi connectivity index (χ4v) is 2.62. The number of hydrogen-bond acceptors (Lipinski definition) is 7. The van der Waals surface area contributed by atoms with Gasteiger partial charge in [0.15, 0.2) is 11.5 Å². The van der Waals surface area contributed by atoms with Gasteiger partial charge in [0.2, 0.25) is 5.95 Å². The van der Waals surface area contributed by atoms with Crippen LogP contribution in [-0.4, -0.2) is 35.9 Å². The first-order chi connectivity index (χ1) is 12.2. The summed E-state index contributed by atoms with van der Waals surface area (Å²) in [7, 11) is 3.12. The second kappa shape index (κ2) is 7.23. The molecule has 0 spiro atoms. The summed E-state index contributed by atoms with van der Waals surface area (Å²) in [5, 5.41) is 13.5. The highest BCUT2D eigenvalue weighted by molar-refractivity contribution is 5.91. The number of benzene rings is 2. The minimum Gasteiger partial charge on any atom is -0.493 e. The lowest BCUT2D eigenvalue weighted by molar-refractivity contribution is 0.276. The van der Waals surface area contributed by atoms with E-state index in [1.807, 2.05) is 30.3 Å². The van der Waals surface area contributed by atoms with Gasteiger partial charge in [-0.05, 0) is 11.6 Å². The minimum absolute atomic E-state index is 0.1000. The minimum atomic E-state index is -0.335. The quantitative estimate of drug-likeness (QED) is 0.633. The summed E-state index contributed by atoms with van der Waals surface area (Å²) in [6.45, 7) is -0.1000. The fraction of sp³-hybridized carbons (Fsp3) is 0.222. The first kappa shape index (κ1) is 16.8. The van der Waals surface area contributed by atoms with Crippen LogP contribution in [0.15, 0.2) is 42.5 Å². The molecule has 0 aliphatic carbocycles. The molecule has 1 aromatic heterocycles. The molecule has 4 N–H and O–H groups in total. The molecule has 1 atom stereocenters. The van der Waals surface area contributed by atoms with Crippen molar-refractivity contribution < 1.29 is 14.6 Å². The topological polar surface area (TPSA) is 103 Å². The molecule has 0 saturated heterocycles. The monoisotopic (exact) mass is 340 g/mol. The van der Waals surface area contributed by atoms with Gasteiger partial charge in [0.05, 0.1) is 32.4 Å². The van der Waals surface area contributed by atoms with Crippen molar-refractivity contribution in [2.45, 2.75) is 6.04 Å². The Morgan fingerprint density at radius 1 is 1.08 bits per heavy atom. The number of aromatic nitrogens is 2. The molecule has 0 saturated carbocycles. The molecule has 0 radical (unpaired) electrons. The number of nitrogens with one attached hydrogen (secondary N) is 1. The Hall–Kier alpha value is -3.06.